The van der Waals surface area contributed by atoms with Gasteiger partial charge >= 0.3 is 0 Å². The van der Waals surface area contributed by atoms with Gasteiger partial charge in [-0.05, 0) is 32.4 Å². The zero-order valence-electron chi connectivity index (χ0n) is 10.1. The Hall–Kier alpha value is -1.51. The molecule has 0 aliphatic carbocycles. The van der Waals surface area contributed by atoms with Gasteiger partial charge in [-0.3, -0.25) is 4.79 Å². The molecule has 0 heterocycles. The Morgan fingerprint density at radius 1 is 1.31 bits per heavy atom. The highest BCUT2D eigenvalue weighted by molar-refractivity contribution is 5.81. The molecule has 1 aromatic carbocycles. The van der Waals surface area contributed by atoms with Gasteiger partial charge in [0.2, 0.25) is 0 Å². The molecule has 1 aromatic rings. The van der Waals surface area contributed by atoms with E-state index in [1.807, 2.05) is 51.1 Å². The highest BCUT2D eigenvalue weighted by Crippen LogP contribution is 2.12. The Bertz CT molecular complexity index is 322. The molecule has 0 bridgehead atoms. The van der Waals surface area contributed by atoms with E-state index >= 15 is 0 Å². The number of benzene rings is 1. The third-order valence-corrected chi connectivity index (χ3v) is 2.12. The van der Waals surface area contributed by atoms with E-state index in [9.17, 15) is 4.79 Å². The second-order valence-corrected chi connectivity index (χ2v) is 3.99. The summed E-state index contributed by atoms with van der Waals surface area (Å²) in [6.07, 6.45) is 0.248. The van der Waals surface area contributed by atoms with Gasteiger partial charge in [0.25, 0.3) is 5.91 Å². The molecule has 1 rings (SSSR count). The lowest BCUT2D eigenvalue weighted by atomic mass is 10.2. The molecule has 0 spiro atoms. The van der Waals surface area contributed by atoms with Crippen molar-refractivity contribution in [3.63, 3.8) is 0 Å². The first kappa shape index (κ1) is 12.6. The Balaban J connectivity index is 2.58. The summed E-state index contributed by atoms with van der Waals surface area (Å²) in [6, 6.07) is 9.55. The quantitative estimate of drug-likeness (QED) is 0.829. The second kappa shape index (κ2) is 6.16. The highest BCUT2D eigenvalue weighted by Gasteiger charge is 2.18. The maximum absolute atomic E-state index is 11.8. The van der Waals surface area contributed by atoms with Crippen LogP contribution in [0.15, 0.2) is 30.3 Å². The fraction of sp³-hybridized carbons (Fsp3) is 0.462. The van der Waals surface area contributed by atoms with E-state index in [2.05, 4.69) is 5.32 Å². The molecule has 3 nitrogen and oxygen atoms in total. The smallest absolute Gasteiger partial charge is 0.261 e. The van der Waals surface area contributed by atoms with Crippen molar-refractivity contribution in [3.8, 4) is 5.75 Å². The lowest BCUT2D eigenvalue weighted by molar-refractivity contribution is -0.128. The summed E-state index contributed by atoms with van der Waals surface area (Å²) in [5.74, 6) is 0.676. The predicted octanol–water partition coefficient (Wildman–Crippen LogP) is 2.37. The van der Waals surface area contributed by atoms with E-state index in [-0.39, 0.29) is 11.9 Å². The largest absolute Gasteiger partial charge is 0.481 e. The molecule has 1 amide bonds. The van der Waals surface area contributed by atoms with Crippen molar-refractivity contribution in [1.29, 1.82) is 0 Å². The van der Waals surface area contributed by atoms with Gasteiger partial charge in [-0.2, -0.15) is 0 Å². The molecule has 0 radical (unpaired) electrons. The minimum absolute atomic E-state index is 0.0543. The Morgan fingerprint density at radius 3 is 2.44 bits per heavy atom. The van der Waals surface area contributed by atoms with Crippen LogP contribution in [0.5, 0.6) is 5.75 Å². The van der Waals surface area contributed by atoms with E-state index in [0.29, 0.717) is 6.42 Å². The van der Waals surface area contributed by atoms with Crippen molar-refractivity contribution in [3.05, 3.63) is 30.3 Å². The van der Waals surface area contributed by atoms with Gasteiger partial charge in [-0.15, -0.1) is 0 Å². The molecule has 0 aromatic heterocycles. The first-order chi connectivity index (χ1) is 7.63. The summed E-state index contributed by atoms with van der Waals surface area (Å²) in [6.45, 7) is 5.81. The average Bonchev–Trinajstić information content (AvgIpc) is 2.26. The van der Waals surface area contributed by atoms with Crippen LogP contribution in [0.3, 0.4) is 0 Å². The second-order valence-electron chi connectivity index (χ2n) is 3.99. The standard InChI is InChI=1S/C13H19NO2/c1-4-12(13(15)14-10(2)3)16-11-8-6-5-7-9-11/h5-10,12H,4H2,1-3H3,(H,14,15)/t12-/m0/s1. The van der Waals surface area contributed by atoms with Gasteiger partial charge in [0.1, 0.15) is 5.75 Å². The summed E-state index contributed by atoms with van der Waals surface area (Å²) in [5.41, 5.74) is 0. The predicted molar refractivity (Wildman–Crippen MR) is 64.4 cm³/mol. The van der Waals surface area contributed by atoms with Crippen LogP contribution in [0.2, 0.25) is 0 Å². The zero-order valence-corrected chi connectivity index (χ0v) is 10.1. The number of carbonyl (C=O) groups excluding carboxylic acids is 1. The number of rotatable bonds is 5. The molecule has 3 heteroatoms. The van der Waals surface area contributed by atoms with Gasteiger partial charge in [-0.25, -0.2) is 0 Å². The molecule has 1 N–H and O–H groups in total. The van der Waals surface area contributed by atoms with E-state index in [4.69, 9.17) is 4.74 Å². The van der Waals surface area contributed by atoms with Crippen LogP contribution in [0.4, 0.5) is 0 Å². The van der Waals surface area contributed by atoms with Crippen molar-refractivity contribution < 1.29 is 9.53 Å². The van der Waals surface area contributed by atoms with Crippen molar-refractivity contribution in [2.45, 2.75) is 39.3 Å². The van der Waals surface area contributed by atoms with Gasteiger partial charge in [-0.1, -0.05) is 25.1 Å². The molecular formula is C13H19NO2. The van der Waals surface area contributed by atoms with Crippen LogP contribution in [0.25, 0.3) is 0 Å². The maximum atomic E-state index is 11.8. The zero-order chi connectivity index (χ0) is 12.0. The van der Waals surface area contributed by atoms with Crippen LogP contribution >= 0.6 is 0 Å². The molecule has 0 saturated heterocycles. The molecular weight excluding hydrogens is 202 g/mol. The SMILES string of the molecule is CC[C@H](Oc1ccccc1)C(=O)NC(C)C. The minimum Gasteiger partial charge on any atom is -0.481 e. The highest BCUT2D eigenvalue weighted by atomic mass is 16.5. The summed E-state index contributed by atoms with van der Waals surface area (Å²) >= 11 is 0. The summed E-state index contributed by atoms with van der Waals surface area (Å²) in [4.78, 5) is 11.8. The first-order valence-electron chi connectivity index (χ1n) is 5.65. The Labute approximate surface area is 96.8 Å². The Morgan fingerprint density at radius 2 is 1.94 bits per heavy atom. The van der Waals surface area contributed by atoms with Gasteiger partial charge in [0.15, 0.2) is 6.10 Å². The van der Waals surface area contributed by atoms with Crippen LogP contribution in [0.1, 0.15) is 27.2 Å². The summed E-state index contributed by atoms with van der Waals surface area (Å²) in [7, 11) is 0. The third kappa shape index (κ3) is 3.93. The number of nitrogens with one attached hydrogen (secondary N) is 1. The van der Waals surface area contributed by atoms with E-state index in [1.165, 1.54) is 0 Å². The summed E-state index contributed by atoms with van der Waals surface area (Å²) < 4.78 is 5.61. The monoisotopic (exact) mass is 221 g/mol. The molecule has 0 aliphatic heterocycles. The number of hydrogen-bond donors (Lipinski definition) is 1. The van der Waals surface area contributed by atoms with Crippen LogP contribution in [-0.4, -0.2) is 18.1 Å². The third-order valence-electron chi connectivity index (χ3n) is 2.12. The lowest BCUT2D eigenvalue weighted by Gasteiger charge is -2.18. The number of para-hydroxylation sites is 1. The van der Waals surface area contributed by atoms with E-state index in [1.54, 1.807) is 0 Å². The van der Waals surface area contributed by atoms with Crippen LogP contribution in [-0.2, 0) is 4.79 Å². The molecule has 0 fully saturated rings. The van der Waals surface area contributed by atoms with Gasteiger partial charge < -0.3 is 10.1 Å². The molecule has 0 unspecified atom stereocenters. The van der Waals surface area contributed by atoms with Crippen molar-refractivity contribution in [2.75, 3.05) is 0 Å². The van der Waals surface area contributed by atoms with E-state index in [0.717, 1.165) is 5.75 Å². The van der Waals surface area contributed by atoms with Crippen LogP contribution in [0, 0.1) is 0 Å². The normalized spacial score (nSPS) is 12.2. The van der Waals surface area contributed by atoms with E-state index < -0.39 is 6.10 Å². The number of amides is 1. The molecule has 1 atom stereocenters. The lowest BCUT2D eigenvalue weighted by Crippen LogP contribution is -2.41. The van der Waals surface area contributed by atoms with Gasteiger partial charge in [0, 0.05) is 6.04 Å². The average molecular weight is 221 g/mol. The Kier molecular flexibility index (Phi) is 4.83. The fourth-order valence-electron chi connectivity index (χ4n) is 1.36. The molecule has 16 heavy (non-hydrogen) atoms. The number of ether oxygens (including phenoxy) is 1. The minimum atomic E-state index is -0.412. The van der Waals surface area contributed by atoms with Crippen molar-refractivity contribution in [2.24, 2.45) is 0 Å². The van der Waals surface area contributed by atoms with Gasteiger partial charge in [0.05, 0.1) is 0 Å². The molecule has 0 aliphatic rings. The van der Waals surface area contributed by atoms with Crippen molar-refractivity contribution >= 4 is 5.91 Å². The van der Waals surface area contributed by atoms with Crippen LogP contribution < -0.4 is 10.1 Å². The fourth-order valence-corrected chi connectivity index (χ4v) is 1.36. The maximum Gasteiger partial charge on any atom is 0.261 e. The summed E-state index contributed by atoms with van der Waals surface area (Å²) in [5, 5.41) is 2.85. The molecule has 0 saturated carbocycles. The topological polar surface area (TPSA) is 38.3 Å². The number of carbonyl (C=O) groups is 1. The number of hydrogen-bond acceptors (Lipinski definition) is 2. The van der Waals surface area contributed by atoms with Crippen molar-refractivity contribution in [1.82, 2.24) is 5.32 Å². The first-order valence-corrected chi connectivity index (χ1v) is 5.65. The molecule has 88 valence electrons.